The van der Waals surface area contributed by atoms with Crippen LogP contribution < -0.4 is 21.1 Å². The molecule has 162 valence electrons. The molecular weight excluding hydrogens is 414 g/mol. The number of rotatable bonds is 10. The van der Waals surface area contributed by atoms with Gasteiger partial charge in [0.1, 0.15) is 5.82 Å². The molecule has 3 rings (SSSR count). The van der Waals surface area contributed by atoms with Crippen LogP contribution in [0, 0.1) is 0 Å². The van der Waals surface area contributed by atoms with Crippen LogP contribution in [0.4, 0.5) is 22.9 Å². The number of anilines is 4. The van der Waals surface area contributed by atoms with Gasteiger partial charge in [0.05, 0.1) is 17.0 Å². The van der Waals surface area contributed by atoms with Gasteiger partial charge < -0.3 is 16.4 Å². The van der Waals surface area contributed by atoms with Gasteiger partial charge in [0.15, 0.2) is 0 Å². The summed E-state index contributed by atoms with van der Waals surface area (Å²) in [6.45, 7) is 2.34. The Labute approximate surface area is 182 Å². The van der Waals surface area contributed by atoms with Crippen LogP contribution in [0.2, 0.25) is 0 Å². The first-order chi connectivity index (χ1) is 14.9. The SMILES string of the molecule is CCCS(=O)(=O)Nc1ccc(Nc2cc(NCc3ccccc3)c(C(N)=O)cn2)cc1. The van der Waals surface area contributed by atoms with Crippen molar-refractivity contribution in [2.45, 2.75) is 19.9 Å². The lowest BCUT2D eigenvalue weighted by atomic mass is 10.2. The highest BCUT2D eigenvalue weighted by molar-refractivity contribution is 7.92. The number of sulfonamides is 1. The number of nitrogens with one attached hydrogen (secondary N) is 3. The van der Waals surface area contributed by atoms with Crippen molar-refractivity contribution in [2.75, 3.05) is 21.1 Å². The number of nitrogens with two attached hydrogens (primary N) is 1. The van der Waals surface area contributed by atoms with E-state index in [4.69, 9.17) is 5.73 Å². The molecule has 31 heavy (non-hydrogen) atoms. The molecule has 0 fully saturated rings. The fourth-order valence-electron chi connectivity index (χ4n) is 2.93. The molecule has 0 unspecified atom stereocenters. The van der Waals surface area contributed by atoms with Crippen molar-refractivity contribution in [3.63, 3.8) is 0 Å². The summed E-state index contributed by atoms with van der Waals surface area (Å²) in [6.07, 6.45) is 1.97. The molecule has 0 bridgehead atoms. The van der Waals surface area contributed by atoms with E-state index in [0.29, 0.717) is 41.4 Å². The summed E-state index contributed by atoms with van der Waals surface area (Å²) in [4.78, 5) is 16.0. The van der Waals surface area contributed by atoms with E-state index in [1.165, 1.54) is 6.20 Å². The third kappa shape index (κ3) is 6.45. The summed E-state index contributed by atoms with van der Waals surface area (Å²) in [7, 11) is -3.34. The summed E-state index contributed by atoms with van der Waals surface area (Å²) in [6, 6.07) is 18.3. The molecule has 0 aliphatic rings. The van der Waals surface area contributed by atoms with Crippen LogP contribution in [-0.2, 0) is 16.6 Å². The van der Waals surface area contributed by atoms with E-state index in [9.17, 15) is 13.2 Å². The normalized spacial score (nSPS) is 11.0. The van der Waals surface area contributed by atoms with Gasteiger partial charge in [-0.25, -0.2) is 13.4 Å². The zero-order valence-electron chi connectivity index (χ0n) is 17.1. The van der Waals surface area contributed by atoms with Gasteiger partial charge in [-0.15, -0.1) is 0 Å². The highest BCUT2D eigenvalue weighted by Crippen LogP contribution is 2.23. The van der Waals surface area contributed by atoms with Gasteiger partial charge in [0, 0.05) is 30.2 Å². The lowest BCUT2D eigenvalue weighted by Gasteiger charge is -2.13. The summed E-state index contributed by atoms with van der Waals surface area (Å²) >= 11 is 0. The molecule has 8 nitrogen and oxygen atoms in total. The monoisotopic (exact) mass is 439 g/mol. The molecule has 0 aliphatic heterocycles. The van der Waals surface area contributed by atoms with Crippen LogP contribution >= 0.6 is 0 Å². The first-order valence-corrected chi connectivity index (χ1v) is 11.5. The van der Waals surface area contributed by atoms with Gasteiger partial charge in [-0.3, -0.25) is 9.52 Å². The van der Waals surface area contributed by atoms with E-state index in [1.807, 2.05) is 37.3 Å². The topological polar surface area (TPSA) is 126 Å². The van der Waals surface area contributed by atoms with E-state index in [-0.39, 0.29) is 5.75 Å². The number of hydrogen-bond acceptors (Lipinski definition) is 6. The number of aromatic nitrogens is 1. The minimum atomic E-state index is -3.34. The van der Waals surface area contributed by atoms with Gasteiger partial charge in [0.25, 0.3) is 5.91 Å². The number of amides is 1. The molecule has 1 aromatic heterocycles. The molecule has 0 atom stereocenters. The second kappa shape index (κ2) is 9.94. The molecule has 0 saturated carbocycles. The Kier molecular flexibility index (Phi) is 7.09. The van der Waals surface area contributed by atoms with Crippen LogP contribution in [0.1, 0.15) is 29.3 Å². The molecule has 3 aromatic rings. The molecule has 2 aromatic carbocycles. The third-order valence-corrected chi connectivity index (χ3v) is 5.89. The van der Waals surface area contributed by atoms with Crippen molar-refractivity contribution in [3.8, 4) is 0 Å². The molecule has 1 heterocycles. The smallest absolute Gasteiger partial charge is 0.252 e. The van der Waals surface area contributed by atoms with E-state index >= 15 is 0 Å². The standard InChI is InChI=1S/C22H25N5O3S/c1-2-12-31(29,30)27-18-10-8-17(9-11-18)26-21-13-20(19(15-25-21)22(23)28)24-14-16-6-4-3-5-7-16/h3-11,13,15,27H,2,12,14H2,1H3,(H2,23,28)(H2,24,25,26). The minimum Gasteiger partial charge on any atom is -0.380 e. The fraction of sp³-hybridized carbons (Fsp3) is 0.182. The predicted molar refractivity (Wildman–Crippen MR) is 124 cm³/mol. The average molecular weight is 440 g/mol. The predicted octanol–water partition coefficient (Wildman–Crippen LogP) is 3.69. The van der Waals surface area contributed by atoms with Crippen molar-refractivity contribution in [1.82, 2.24) is 4.98 Å². The van der Waals surface area contributed by atoms with Crippen molar-refractivity contribution >= 4 is 38.8 Å². The second-order valence-electron chi connectivity index (χ2n) is 6.94. The molecular formula is C22H25N5O3S. The van der Waals surface area contributed by atoms with Crippen molar-refractivity contribution in [3.05, 3.63) is 78.0 Å². The van der Waals surface area contributed by atoms with Crippen molar-refractivity contribution < 1.29 is 13.2 Å². The highest BCUT2D eigenvalue weighted by atomic mass is 32.2. The lowest BCUT2D eigenvalue weighted by molar-refractivity contribution is 0.100. The maximum Gasteiger partial charge on any atom is 0.252 e. The van der Waals surface area contributed by atoms with Crippen LogP contribution in [0.5, 0.6) is 0 Å². The van der Waals surface area contributed by atoms with E-state index in [0.717, 1.165) is 5.56 Å². The number of carbonyl (C=O) groups is 1. The van der Waals surface area contributed by atoms with Gasteiger partial charge in [0.2, 0.25) is 10.0 Å². The Hall–Kier alpha value is -3.59. The number of pyridine rings is 1. The quantitative estimate of drug-likeness (QED) is 0.382. The molecule has 0 aliphatic carbocycles. The number of hydrogen-bond donors (Lipinski definition) is 4. The van der Waals surface area contributed by atoms with Crippen molar-refractivity contribution in [2.24, 2.45) is 5.73 Å². The van der Waals surface area contributed by atoms with Gasteiger partial charge in [-0.05, 0) is 36.2 Å². The Morgan fingerprint density at radius 3 is 2.35 bits per heavy atom. The Balaban J connectivity index is 1.73. The van der Waals surface area contributed by atoms with E-state index in [2.05, 4.69) is 20.3 Å². The van der Waals surface area contributed by atoms with Crippen LogP contribution in [-0.4, -0.2) is 25.1 Å². The van der Waals surface area contributed by atoms with Gasteiger partial charge >= 0.3 is 0 Å². The highest BCUT2D eigenvalue weighted by Gasteiger charge is 2.11. The summed E-state index contributed by atoms with van der Waals surface area (Å²) in [5.41, 5.74) is 8.60. The average Bonchev–Trinajstić information content (AvgIpc) is 2.74. The first-order valence-electron chi connectivity index (χ1n) is 9.81. The third-order valence-electron chi connectivity index (χ3n) is 4.40. The van der Waals surface area contributed by atoms with E-state index < -0.39 is 15.9 Å². The molecule has 0 radical (unpaired) electrons. The first kappa shape index (κ1) is 22.1. The fourth-order valence-corrected chi connectivity index (χ4v) is 4.06. The summed E-state index contributed by atoms with van der Waals surface area (Å²) in [5, 5.41) is 6.37. The molecule has 5 N–H and O–H groups in total. The van der Waals surface area contributed by atoms with E-state index in [1.54, 1.807) is 30.3 Å². The summed E-state index contributed by atoms with van der Waals surface area (Å²) < 4.78 is 26.3. The molecule has 9 heteroatoms. The lowest BCUT2D eigenvalue weighted by Crippen LogP contribution is -2.16. The number of benzene rings is 2. The van der Waals surface area contributed by atoms with Crippen LogP contribution in [0.3, 0.4) is 0 Å². The summed E-state index contributed by atoms with van der Waals surface area (Å²) in [5.74, 6) is 0.0141. The number of primary amides is 1. The second-order valence-corrected chi connectivity index (χ2v) is 8.78. The van der Waals surface area contributed by atoms with Gasteiger partial charge in [-0.2, -0.15) is 0 Å². The molecule has 0 spiro atoms. The van der Waals surface area contributed by atoms with Gasteiger partial charge in [-0.1, -0.05) is 37.3 Å². The molecule has 0 saturated heterocycles. The Morgan fingerprint density at radius 1 is 1.03 bits per heavy atom. The van der Waals surface area contributed by atoms with Crippen molar-refractivity contribution in [1.29, 1.82) is 0 Å². The Bertz CT molecular complexity index is 1130. The van der Waals surface area contributed by atoms with Crippen LogP contribution in [0.15, 0.2) is 66.9 Å². The Morgan fingerprint density at radius 2 is 1.71 bits per heavy atom. The maximum atomic E-state index is 11.9. The zero-order chi connectivity index (χ0) is 22.3. The molecule has 1 amide bonds. The van der Waals surface area contributed by atoms with Crippen LogP contribution in [0.25, 0.3) is 0 Å². The largest absolute Gasteiger partial charge is 0.380 e. The maximum absolute atomic E-state index is 11.9. The number of carbonyl (C=O) groups excluding carboxylic acids is 1. The minimum absolute atomic E-state index is 0.0713. The zero-order valence-corrected chi connectivity index (χ0v) is 17.9. The number of nitrogens with zero attached hydrogens (tertiary/aromatic N) is 1.